The van der Waals surface area contributed by atoms with Crippen molar-refractivity contribution in [3.8, 4) is 0 Å². The van der Waals surface area contributed by atoms with Crippen LogP contribution < -0.4 is 0 Å². The lowest BCUT2D eigenvalue weighted by Gasteiger charge is -2.10. The molecule has 0 saturated heterocycles. The molecule has 76 valence electrons. The molecule has 0 aliphatic heterocycles. The van der Waals surface area contributed by atoms with E-state index in [0.717, 1.165) is 0 Å². The fraction of sp³-hybridized carbons (Fsp3) is 0.111. The lowest BCUT2D eigenvalue weighted by molar-refractivity contribution is -0.0686. The van der Waals surface area contributed by atoms with E-state index in [-0.39, 0.29) is 10.6 Å². The van der Waals surface area contributed by atoms with Crippen LogP contribution in [0.5, 0.6) is 0 Å². The summed E-state index contributed by atoms with van der Waals surface area (Å²) in [6.45, 7) is 2.97. The number of benzene rings is 1. The molecular weight excluding hydrogens is 280 g/mol. The molecule has 1 aromatic rings. The minimum atomic E-state index is -4.43. The Morgan fingerprint density at radius 1 is 1.29 bits per heavy atom. The van der Waals surface area contributed by atoms with Gasteiger partial charge in [0, 0.05) is 9.50 Å². The first-order valence-corrected chi connectivity index (χ1v) is 4.70. The van der Waals surface area contributed by atoms with Crippen LogP contribution in [0.15, 0.2) is 29.3 Å². The van der Waals surface area contributed by atoms with Crippen LogP contribution in [0.25, 0.3) is 5.57 Å². The Bertz CT molecular complexity index is 351. The highest BCUT2D eigenvalue weighted by Crippen LogP contribution is 2.34. The minimum Gasteiger partial charge on any atom is -0.166 e. The van der Waals surface area contributed by atoms with Crippen molar-refractivity contribution in [1.82, 2.24) is 0 Å². The van der Waals surface area contributed by atoms with Crippen molar-refractivity contribution in [3.05, 3.63) is 39.8 Å². The van der Waals surface area contributed by atoms with Gasteiger partial charge in [0.15, 0.2) is 0 Å². The van der Waals surface area contributed by atoms with Crippen LogP contribution in [-0.2, 0) is 0 Å². The molecule has 0 aliphatic carbocycles. The van der Waals surface area contributed by atoms with Crippen molar-refractivity contribution in [2.45, 2.75) is 6.18 Å². The Morgan fingerprint density at radius 3 is 2.29 bits per heavy atom. The van der Waals surface area contributed by atoms with Crippen molar-refractivity contribution in [2.24, 2.45) is 0 Å². The van der Waals surface area contributed by atoms with Gasteiger partial charge in [-0.3, -0.25) is 0 Å². The molecule has 14 heavy (non-hydrogen) atoms. The Kier molecular flexibility index (Phi) is 3.27. The van der Waals surface area contributed by atoms with Crippen molar-refractivity contribution >= 4 is 33.1 Å². The molecule has 1 aromatic carbocycles. The van der Waals surface area contributed by atoms with E-state index in [4.69, 9.17) is 11.6 Å². The summed E-state index contributed by atoms with van der Waals surface area (Å²) in [5, 5.41) is 0.236. The SMILES string of the molecule is C=C(c1cc(Cl)cc(Br)c1)C(F)(F)F. The number of allylic oxidation sites excluding steroid dienone is 1. The molecular formula is C9H5BrClF3. The zero-order valence-corrected chi connectivity index (χ0v) is 9.17. The van der Waals surface area contributed by atoms with Crippen LogP contribution in [-0.4, -0.2) is 6.18 Å². The smallest absolute Gasteiger partial charge is 0.166 e. The molecule has 0 bridgehead atoms. The van der Waals surface area contributed by atoms with Gasteiger partial charge in [-0.15, -0.1) is 0 Å². The van der Waals surface area contributed by atoms with Crippen LogP contribution in [0.2, 0.25) is 5.02 Å². The minimum absolute atomic E-state index is 0.0307. The molecule has 5 heteroatoms. The second-order valence-electron chi connectivity index (χ2n) is 2.63. The summed E-state index contributed by atoms with van der Waals surface area (Å²) in [4.78, 5) is 0. The van der Waals surface area contributed by atoms with E-state index >= 15 is 0 Å². The first-order valence-electron chi connectivity index (χ1n) is 3.53. The van der Waals surface area contributed by atoms with Gasteiger partial charge in [-0.2, -0.15) is 13.2 Å². The van der Waals surface area contributed by atoms with Gasteiger partial charge in [-0.05, 0) is 23.8 Å². The summed E-state index contributed by atoms with van der Waals surface area (Å²) in [6.07, 6.45) is -4.43. The number of hydrogen-bond donors (Lipinski definition) is 0. The summed E-state index contributed by atoms with van der Waals surface area (Å²) >= 11 is 8.66. The molecule has 0 unspecified atom stereocenters. The van der Waals surface area contributed by atoms with E-state index < -0.39 is 11.7 Å². The maximum absolute atomic E-state index is 12.2. The van der Waals surface area contributed by atoms with Crippen LogP contribution in [0.3, 0.4) is 0 Å². The third-order valence-electron chi connectivity index (χ3n) is 1.55. The fourth-order valence-corrected chi connectivity index (χ4v) is 1.75. The molecule has 0 aromatic heterocycles. The van der Waals surface area contributed by atoms with E-state index in [2.05, 4.69) is 22.5 Å². The normalized spacial score (nSPS) is 11.5. The highest BCUT2D eigenvalue weighted by atomic mass is 79.9. The molecule has 0 spiro atoms. The fourth-order valence-electron chi connectivity index (χ4n) is 0.892. The predicted octanol–water partition coefficient (Wildman–Crippen LogP) is 4.68. The van der Waals surface area contributed by atoms with Crippen molar-refractivity contribution in [2.75, 3.05) is 0 Å². The third-order valence-corrected chi connectivity index (χ3v) is 2.23. The Balaban J connectivity index is 3.14. The predicted molar refractivity (Wildman–Crippen MR) is 54.2 cm³/mol. The van der Waals surface area contributed by atoms with Gasteiger partial charge in [0.05, 0.1) is 5.57 Å². The highest BCUT2D eigenvalue weighted by molar-refractivity contribution is 9.10. The second-order valence-corrected chi connectivity index (χ2v) is 3.99. The topological polar surface area (TPSA) is 0 Å². The molecule has 0 heterocycles. The summed E-state index contributed by atoms with van der Waals surface area (Å²) in [6, 6.07) is 4.05. The summed E-state index contributed by atoms with van der Waals surface area (Å²) in [5.41, 5.74) is -0.933. The van der Waals surface area contributed by atoms with Gasteiger partial charge in [0.2, 0.25) is 0 Å². The second kappa shape index (κ2) is 3.95. The standard InChI is InChI=1S/C9H5BrClF3/c1-5(9(12,13)14)6-2-7(10)4-8(11)3-6/h2-4H,1H2. The molecule has 0 N–H and O–H groups in total. The first kappa shape index (κ1) is 11.6. The molecule has 0 radical (unpaired) electrons. The number of halogens is 5. The molecule has 0 aliphatic rings. The number of alkyl halides is 3. The number of hydrogen-bond acceptors (Lipinski definition) is 0. The maximum Gasteiger partial charge on any atom is 0.416 e. The van der Waals surface area contributed by atoms with Gasteiger partial charge < -0.3 is 0 Å². The van der Waals surface area contributed by atoms with E-state index in [0.29, 0.717) is 4.47 Å². The van der Waals surface area contributed by atoms with Crippen LogP contribution >= 0.6 is 27.5 Å². The zero-order chi connectivity index (χ0) is 10.9. The molecule has 0 atom stereocenters. The average Bonchev–Trinajstić information content (AvgIpc) is 1.99. The Hall–Kier alpha value is -0.480. The van der Waals surface area contributed by atoms with E-state index in [1.807, 2.05) is 0 Å². The molecule has 0 saturated carbocycles. The van der Waals surface area contributed by atoms with Gasteiger partial charge in [-0.25, -0.2) is 0 Å². The van der Waals surface area contributed by atoms with Crippen LogP contribution in [0.4, 0.5) is 13.2 Å². The average molecular weight is 285 g/mol. The number of rotatable bonds is 1. The lowest BCUT2D eigenvalue weighted by atomic mass is 10.1. The summed E-state index contributed by atoms with van der Waals surface area (Å²) in [7, 11) is 0. The Labute approximate surface area is 92.5 Å². The first-order chi connectivity index (χ1) is 6.30. The quantitative estimate of drug-likeness (QED) is 0.703. The van der Waals surface area contributed by atoms with Gasteiger partial charge in [0.1, 0.15) is 0 Å². The summed E-state index contributed by atoms with van der Waals surface area (Å²) < 4.78 is 37.2. The van der Waals surface area contributed by atoms with Crippen molar-refractivity contribution in [1.29, 1.82) is 0 Å². The highest BCUT2D eigenvalue weighted by Gasteiger charge is 2.32. The largest absolute Gasteiger partial charge is 0.416 e. The summed E-state index contributed by atoms with van der Waals surface area (Å²) in [5.74, 6) is 0. The van der Waals surface area contributed by atoms with Gasteiger partial charge in [0.25, 0.3) is 0 Å². The lowest BCUT2D eigenvalue weighted by Crippen LogP contribution is -2.09. The van der Waals surface area contributed by atoms with E-state index in [1.54, 1.807) is 0 Å². The van der Waals surface area contributed by atoms with Crippen molar-refractivity contribution in [3.63, 3.8) is 0 Å². The third kappa shape index (κ3) is 2.75. The van der Waals surface area contributed by atoms with Gasteiger partial charge in [-0.1, -0.05) is 34.1 Å². The van der Waals surface area contributed by atoms with Crippen LogP contribution in [0, 0.1) is 0 Å². The maximum atomic E-state index is 12.2. The molecule has 0 amide bonds. The van der Waals surface area contributed by atoms with Crippen molar-refractivity contribution < 1.29 is 13.2 Å². The molecule has 1 rings (SSSR count). The van der Waals surface area contributed by atoms with E-state index in [1.165, 1.54) is 18.2 Å². The zero-order valence-electron chi connectivity index (χ0n) is 6.83. The van der Waals surface area contributed by atoms with Crippen LogP contribution in [0.1, 0.15) is 5.56 Å². The molecule has 0 nitrogen and oxygen atoms in total. The molecule has 0 fully saturated rings. The Morgan fingerprint density at radius 2 is 1.86 bits per heavy atom. The monoisotopic (exact) mass is 284 g/mol. The van der Waals surface area contributed by atoms with E-state index in [9.17, 15) is 13.2 Å². The van der Waals surface area contributed by atoms with Gasteiger partial charge >= 0.3 is 6.18 Å².